The molecule has 0 spiro atoms. The van der Waals surface area contributed by atoms with Crippen LogP contribution in [0.1, 0.15) is 195 Å². The maximum atomic E-state index is 2.49. The van der Waals surface area contributed by atoms with Crippen LogP contribution in [0.3, 0.4) is 0 Å². The van der Waals surface area contributed by atoms with Crippen molar-refractivity contribution in [1.82, 2.24) is 0 Å². The van der Waals surface area contributed by atoms with Crippen molar-refractivity contribution in [2.45, 2.75) is 273 Å². The van der Waals surface area contributed by atoms with Crippen LogP contribution in [0.4, 0.5) is 0 Å². The van der Waals surface area contributed by atoms with Gasteiger partial charge in [0, 0.05) is 67.3 Å². The summed E-state index contributed by atoms with van der Waals surface area (Å²) >= 11 is 0. The summed E-state index contributed by atoms with van der Waals surface area (Å²) < 4.78 is 9.40. The molecule has 0 amide bonds. The van der Waals surface area contributed by atoms with Crippen LogP contribution in [-0.4, -0.2) is 32.3 Å². The van der Waals surface area contributed by atoms with E-state index in [0.717, 1.165) is 12.8 Å². The summed E-state index contributed by atoms with van der Waals surface area (Å²) in [5.74, 6) is 3.95. The Labute approximate surface area is 625 Å². The second-order valence-corrected chi connectivity index (χ2v) is 57.8. The monoisotopic (exact) mass is 1430 g/mol. The van der Waals surface area contributed by atoms with Crippen molar-refractivity contribution in [1.29, 1.82) is 0 Å². The smallest absolute Gasteiger partial charge is 0.201 e. The first kappa shape index (κ1) is 86.0. The van der Waals surface area contributed by atoms with Crippen LogP contribution in [0.2, 0.25) is 78.6 Å². The van der Waals surface area contributed by atoms with Gasteiger partial charge in [-0.2, -0.15) is 0 Å². The van der Waals surface area contributed by atoms with Crippen molar-refractivity contribution in [3.05, 3.63) is 189 Å². The average Bonchev–Trinajstić information content (AvgIpc) is 0.800. The third kappa shape index (κ3) is 23.7. The molecule has 0 N–H and O–H groups in total. The molecule has 4 heterocycles. The van der Waals surface area contributed by atoms with Crippen LogP contribution in [-0.2, 0) is 59.3 Å². The van der Waals surface area contributed by atoms with Gasteiger partial charge in [0.2, 0.25) is 22.8 Å². The summed E-state index contributed by atoms with van der Waals surface area (Å²) in [5, 5.41) is 6.41. The Kier molecular flexibility index (Phi) is 30.2. The number of pyridine rings is 4. The fourth-order valence-electron chi connectivity index (χ4n) is 14.7. The predicted octanol–water partition coefficient (Wildman–Crippen LogP) is 21.6. The molecule has 0 saturated heterocycles. The van der Waals surface area contributed by atoms with Crippen LogP contribution < -0.4 is 39.0 Å². The van der Waals surface area contributed by atoms with Crippen molar-refractivity contribution >= 4 is 53.0 Å². The quantitative estimate of drug-likeness (QED) is 0.0534. The molecule has 4 aromatic carbocycles. The Morgan fingerprint density at radius 2 is 0.624 bits per heavy atom. The third-order valence-corrected chi connectivity index (χ3v) is 28.7. The van der Waals surface area contributed by atoms with Gasteiger partial charge in [-0.05, 0) is 200 Å². The topological polar surface area (TPSA) is 15.5 Å². The van der Waals surface area contributed by atoms with Gasteiger partial charge in [-0.3, -0.25) is 0 Å². The highest BCUT2D eigenvalue weighted by molar-refractivity contribution is 6.90. The van der Waals surface area contributed by atoms with E-state index in [2.05, 4.69) is 385 Å². The lowest BCUT2D eigenvalue weighted by Crippen LogP contribution is -2.47. The Bertz CT molecular complexity index is 4080. The van der Waals surface area contributed by atoms with Crippen molar-refractivity contribution in [2.24, 2.45) is 51.9 Å². The normalized spacial score (nSPS) is 12.3. The number of hydrogen-bond donors (Lipinski definition) is 0. The molecule has 0 bridgehead atoms. The molecule has 4 aromatic heterocycles. The minimum atomic E-state index is -1.38. The van der Waals surface area contributed by atoms with Crippen molar-refractivity contribution in [3.8, 4) is 45.0 Å². The van der Waals surface area contributed by atoms with E-state index in [4.69, 9.17) is 0 Å². The minimum Gasteiger partial charge on any atom is -0.201 e. The predicted molar refractivity (Wildman–Crippen MR) is 458 cm³/mol. The van der Waals surface area contributed by atoms with E-state index < -0.39 is 32.3 Å². The zero-order valence-electron chi connectivity index (χ0n) is 71.5. The van der Waals surface area contributed by atoms with Gasteiger partial charge in [-0.1, -0.05) is 237 Å². The van der Waals surface area contributed by atoms with E-state index in [9.17, 15) is 0 Å². The molecular weight excluding hydrogens is 1290 g/mol. The maximum Gasteiger partial charge on any atom is 0.212 e. The van der Waals surface area contributed by atoms with E-state index in [1.165, 1.54) is 115 Å². The Morgan fingerprint density at radius 1 is 0.327 bits per heavy atom. The second kappa shape index (κ2) is 35.4. The number of aryl methyl sites for hydroxylation is 9. The highest BCUT2D eigenvalue weighted by atomic mass is 28.3. The lowest BCUT2D eigenvalue weighted by molar-refractivity contribution is -0.659. The molecule has 0 radical (unpaired) electrons. The van der Waals surface area contributed by atoms with Gasteiger partial charge in [-0.25, -0.2) is 18.3 Å². The minimum absolute atomic E-state index is 0.167. The molecule has 0 fully saturated rings. The molecule has 8 rings (SSSR count). The van der Waals surface area contributed by atoms with E-state index >= 15 is 0 Å². The highest BCUT2D eigenvalue weighted by Gasteiger charge is 2.32. The van der Waals surface area contributed by atoms with E-state index in [-0.39, 0.29) is 5.41 Å². The lowest BCUT2D eigenvalue weighted by Gasteiger charge is -2.23. The maximum absolute atomic E-state index is 2.49. The van der Waals surface area contributed by atoms with Crippen LogP contribution in [0.5, 0.6) is 0 Å². The molecule has 8 aromatic rings. The standard InChI is InChI=1S/C25H40NSi.C24H38NSi.C23H36NSi.C21H32NSi/c1-10-20(11-2)21-13-12-19(5)23(15-21)24-16-22(14-18(3)4)25(17-26(24)6)27(7,8)9;1-17(2)13-19-14-22(25(7)16-23(19)26(8,9)10)21-15-20(24(4,5)6)12-11-18(21)3;1-16(2)12-20-14-22(24(6)15-23(20)25(7,8)9)21-11-10-19(17(3)4)13-18(21)5;1-15(2)11-18-13-20(19-10-9-16(3)12-17(19)4)22(5)14-21(18)23(6,7)8/h12-13,15-18,20H,10-11,14H2,1-9H3;11-12,14-17H,13H2,1-10H3;10-11,13-17H,12H2,1-9H3;9-10,12-15H,11H2,1-8H3/q4*+1. The molecule has 0 aliphatic carbocycles. The van der Waals surface area contributed by atoms with Gasteiger partial charge in [0.1, 0.15) is 28.2 Å². The average molecular weight is 1430 g/mol. The molecule has 0 aliphatic rings. The Balaban J connectivity index is 0.000000243. The van der Waals surface area contributed by atoms with Gasteiger partial charge in [0.15, 0.2) is 24.8 Å². The molecule has 101 heavy (non-hydrogen) atoms. The summed E-state index contributed by atoms with van der Waals surface area (Å²) in [7, 11) is 3.38. The molecular formula is C93H146N4Si4+4. The number of benzene rings is 4. The van der Waals surface area contributed by atoms with Crippen LogP contribution in [0.25, 0.3) is 45.0 Å². The zero-order valence-corrected chi connectivity index (χ0v) is 75.5. The van der Waals surface area contributed by atoms with Crippen molar-refractivity contribution in [2.75, 3.05) is 0 Å². The zero-order chi connectivity index (χ0) is 76.5. The van der Waals surface area contributed by atoms with E-state index in [1.54, 1.807) is 43.0 Å². The highest BCUT2D eigenvalue weighted by Crippen LogP contribution is 2.33. The molecule has 0 aliphatic heterocycles. The fourth-order valence-corrected chi connectivity index (χ4v) is 21.6. The largest absolute Gasteiger partial charge is 0.212 e. The summed E-state index contributed by atoms with van der Waals surface area (Å²) in [6.45, 7) is 75.2. The van der Waals surface area contributed by atoms with Crippen LogP contribution >= 0.6 is 0 Å². The lowest BCUT2D eigenvalue weighted by atomic mass is 9.84. The molecule has 0 saturated carbocycles. The van der Waals surface area contributed by atoms with E-state index in [0.29, 0.717) is 35.5 Å². The first-order valence-electron chi connectivity index (χ1n) is 39.0. The molecule has 4 nitrogen and oxygen atoms in total. The van der Waals surface area contributed by atoms with Crippen LogP contribution in [0, 0.1) is 58.3 Å². The van der Waals surface area contributed by atoms with Gasteiger partial charge in [0.05, 0.1) is 32.3 Å². The first-order chi connectivity index (χ1) is 46.5. The summed E-state index contributed by atoms with van der Waals surface area (Å²) in [6.07, 6.45) is 16.7. The Hall–Kier alpha value is -5.65. The summed E-state index contributed by atoms with van der Waals surface area (Å²) in [6, 6.07) is 37.7. The number of rotatable bonds is 20. The molecule has 0 unspecified atom stereocenters. The summed E-state index contributed by atoms with van der Waals surface area (Å²) in [5.41, 5.74) is 28.3. The van der Waals surface area contributed by atoms with Gasteiger partial charge >= 0.3 is 0 Å². The van der Waals surface area contributed by atoms with Gasteiger partial charge in [0.25, 0.3) is 0 Å². The van der Waals surface area contributed by atoms with Crippen molar-refractivity contribution in [3.63, 3.8) is 0 Å². The van der Waals surface area contributed by atoms with Gasteiger partial charge in [-0.15, -0.1) is 0 Å². The van der Waals surface area contributed by atoms with E-state index in [1.807, 2.05) is 0 Å². The number of aromatic nitrogens is 4. The number of nitrogens with zero attached hydrogens (tertiary/aromatic N) is 4. The molecule has 550 valence electrons. The number of hydrogen-bond acceptors (Lipinski definition) is 0. The first-order valence-corrected chi connectivity index (χ1v) is 53.0. The SMILES string of the molecule is CCC(CC)c1ccc(C)c(-c2cc(CC(C)C)c([Si](C)(C)C)c[n+]2C)c1.Cc1cc(C(C)C)ccc1-c1cc(CC(C)C)c([Si](C)(C)C)c[n+]1C.Cc1ccc(-c2cc(CC(C)C)c([Si](C)(C)C)c[n+]2C)c(C)c1.Cc1ccc(C(C)(C)C)cc1-c1cc(CC(C)C)c([Si](C)(C)C)c[n+]1C. The molecule has 8 heteroatoms. The Morgan fingerprint density at radius 3 is 0.911 bits per heavy atom. The second-order valence-electron chi connectivity index (χ2n) is 37.6. The third-order valence-electron chi connectivity index (χ3n) is 20.4. The van der Waals surface area contributed by atoms with Crippen LogP contribution in [0.15, 0.2) is 122 Å². The van der Waals surface area contributed by atoms with Gasteiger partial charge < -0.3 is 0 Å². The molecule has 0 atom stereocenters. The fraction of sp³-hybridized carbons (Fsp3) is 0.527. The van der Waals surface area contributed by atoms with Crippen molar-refractivity contribution < 1.29 is 18.3 Å². The summed E-state index contributed by atoms with van der Waals surface area (Å²) in [4.78, 5) is 0.